The van der Waals surface area contributed by atoms with Crippen LogP contribution in [0, 0.1) is 5.92 Å². The molecule has 0 aliphatic carbocycles. The third-order valence-electron chi connectivity index (χ3n) is 2.26. The Bertz CT molecular complexity index is 134. The molecule has 0 bridgehead atoms. The molecule has 0 fully saturated rings. The average Bonchev–Trinajstić information content (AvgIpc) is 2.06. The van der Waals surface area contributed by atoms with Crippen LogP contribution in [0.25, 0.3) is 0 Å². The Balaban J connectivity index is 3.91. The van der Waals surface area contributed by atoms with Gasteiger partial charge in [-0.05, 0) is 12.8 Å². The Hall–Kier alpha value is -0.600. The Morgan fingerprint density at radius 3 is 2.08 bits per heavy atom. The second-order valence-corrected chi connectivity index (χ2v) is 2.97. The van der Waals surface area contributed by atoms with Gasteiger partial charge in [-0.2, -0.15) is 0 Å². The third-order valence-corrected chi connectivity index (χ3v) is 2.26. The van der Waals surface area contributed by atoms with Gasteiger partial charge in [0.2, 0.25) is 0 Å². The molecular weight excluding hydrogens is 157 g/mol. The van der Waals surface area contributed by atoms with Crippen LogP contribution in [0.3, 0.4) is 0 Å². The summed E-state index contributed by atoms with van der Waals surface area (Å²) in [6.45, 7) is 6.93. The lowest BCUT2D eigenvalue weighted by Gasteiger charge is -2.21. The largest absolute Gasteiger partial charge is 0.400 e. The Morgan fingerprint density at radius 1 is 1.33 bits per heavy atom. The topological polar surface area (TPSA) is 20.3 Å². The molecule has 0 aromatic rings. The Labute approximate surface area is 73.7 Å². The molecule has 0 aromatic heterocycles. The van der Waals surface area contributed by atoms with Crippen molar-refractivity contribution in [1.29, 1.82) is 0 Å². The van der Waals surface area contributed by atoms with Crippen LogP contribution in [0.1, 0.15) is 33.6 Å². The third kappa shape index (κ3) is 3.69. The lowest BCUT2D eigenvalue weighted by molar-refractivity contribution is 0.166. The van der Waals surface area contributed by atoms with Crippen LogP contribution in [0.2, 0.25) is 0 Å². The molecule has 0 aromatic carbocycles. The van der Waals surface area contributed by atoms with E-state index in [9.17, 15) is 9.18 Å². The predicted octanol–water partition coefficient (Wildman–Crippen LogP) is 2.83. The molecule has 0 N–H and O–H groups in total. The number of carbonyl (C=O) groups is 1. The standard InChI is InChI=1S/C9H18FNO/c1-4-8(5-2)7-11(6-3)9(10)12/h8H,4-7H2,1-3H3. The minimum atomic E-state index is -1.30. The first-order valence-corrected chi connectivity index (χ1v) is 4.60. The zero-order valence-electron chi connectivity index (χ0n) is 8.14. The number of nitrogens with zero attached hydrogens (tertiary/aromatic N) is 1. The summed E-state index contributed by atoms with van der Waals surface area (Å²) >= 11 is 0. The molecular formula is C9H18FNO. The molecule has 0 atom stereocenters. The molecule has 0 aliphatic heterocycles. The molecule has 3 heteroatoms. The van der Waals surface area contributed by atoms with Crippen LogP contribution in [-0.2, 0) is 0 Å². The highest BCUT2D eigenvalue weighted by molar-refractivity contribution is 5.65. The first kappa shape index (κ1) is 11.4. The highest BCUT2D eigenvalue weighted by atomic mass is 19.1. The number of carbonyl (C=O) groups excluding carboxylic acids is 1. The lowest BCUT2D eigenvalue weighted by atomic mass is 10.0. The van der Waals surface area contributed by atoms with E-state index in [0.717, 1.165) is 12.8 Å². The number of halogens is 1. The summed E-state index contributed by atoms with van der Waals surface area (Å²) < 4.78 is 12.3. The van der Waals surface area contributed by atoms with Gasteiger partial charge in [-0.1, -0.05) is 26.7 Å². The molecule has 0 unspecified atom stereocenters. The fourth-order valence-corrected chi connectivity index (χ4v) is 1.18. The number of hydrogen-bond donors (Lipinski definition) is 0. The zero-order valence-corrected chi connectivity index (χ0v) is 8.14. The molecule has 0 spiro atoms. The van der Waals surface area contributed by atoms with Gasteiger partial charge < -0.3 is 4.90 Å². The van der Waals surface area contributed by atoms with E-state index in [0.29, 0.717) is 19.0 Å². The molecule has 0 aliphatic rings. The molecule has 12 heavy (non-hydrogen) atoms. The molecule has 0 saturated heterocycles. The van der Waals surface area contributed by atoms with Crippen molar-refractivity contribution in [1.82, 2.24) is 4.90 Å². The summed E-state index contributed by atoms with van der Waals surface area (Å²) in [6, 6.07) is 0. The monoisotopic (exact) mass is 175 g/mol. The van der Waals surface area contributed by atoms with Gasteiger partial charge in [-0.3, -0.25) is 0 Å². The fraction of sp³-hybridized carbons (Fsp3) is 0.889. The first-order chi connectivity index (χ1) is 5.65. The predicted molar refractivity (Wildman–Crippen MR) is 47.8 cm³/mol. The maximum atomic E-state index is 12.3. The lowest BCUT2D eigenvalue weighted by Crippen LogP contribution is -2.31. The van der Waals surface area contributed by atoms with E-state index < -0.39 is 6.16 Å². The summed E-state index contributed by atoms with van der Waals surface area (Å²) in [6.07, 6.45) is 0.699. The second-order valence-electron chi connectivity index (χ2n) is 2.97. The molecule has 0 saturated carbocycles. The van der Waals surface area contributed by atoms with E-state index >= 15 is 0 Å². The quantitative estimate of drug-likeness (QED) is 0.464. The van der Waals surface area contributed by atoms with Crippen molar-refractivity contribution in [3.63, 3.8) is 0 Å². The normalized spacial score (nSPS) is 10.4. The van der Waals surface area contributed by atoms with Gasteiger partial charge in [-0.25, -0.2) is 4.79 Å². The second kappa shape index (κ2) is 5.98. The van der Waals surface area contributed by atoms with Crippen LogP contribution in [0.5, 0.6) is 0 Å². The Kier molecular flexibility index (Phi) is 5.68. The summed E-state index contributed by atoms with van der Waals surface area (Å²) in [5.74, 6) is 0.435. The van der Waals surface area contributed by atoms with Gasteiger partial charge in [0.05, 0.1) is 0 Å². The SMILES string of the molecule is CCC(CC)CN(CC)C(=O)F. The maximum absolute atomic E-state index is 12.3. The van der Waals surface area contributed by atoms with Crippen molar-refractivity contribution >= 4 is 6.16 Å². The minimum Gasteiger partial charge on any atom is -0.315 e. The van der Waals surface area contributed by atoms with Gasteiger partial charge in [0.1, 0.15) is 0 Å². The van der Waals surface area contributed by atoms with Crippen LogP contribution in [0.4, 0.5) is 9.18 Å². The average molecular weight is 175 g/mol. The van der Waals surface area contributed by atoms with Gasteiger partial charge >= 0.3 is 6.16 Å². The Morgan fingerprint density at radius 2 is 1.83 bits per heavy atom. The van der Waals surface area contributed by atoms with Gasteiger partial charge in [-0.15, -0.1) is 4.39 Å². The van der Waals surface area contributed by atoms with E-state index in [4.69, 9.17) is 0 Å². The smallest absolute Gasteiger partial charge is 0.315 e. The molecule has 2 nitrogen and oxygen atoms in total. The van der Waals surface area contributed by atoms with Crippen LogP contribution in [0.15, 0.2) is 0 Å². The van der Waals surface area contributed by atoms with E-state index in [2.05, 4.69) is 13.8 Å². The molecule has 1 amide bonds. The number of amides is 1. The first-order valence-electron chi connectivity index (χ1n) is 4.60. The summed E-state index contributed by atoms with van der Waals surface area (Å²) in [5.41, 5.74) is 0. The van der Waals surface area contributed by atoms with E-state index in [-0.39, 0.29) is 0 Å². The van der Waals surface area contributed by atoms with Crippen molar-refractivity contribution in [3.05, 3.63) is 0 Å². The molecule has 0 heterocycles. The maximum Gasteiger partial charge on any atom is 0.400 e. The van der Waals surface area contributed by atoms with E-state index in [1.807, 2.05) is 0 Å². The van der Waals surface area contributed by atoms with Crippen molar-refractivity contribution in [2.45, 2.75) is 33.6 Å². The van der Waals surface area contributed by atoms with Crippen LogP contribution in [-0.4, -0.2) is 24.2 Å². The summed E-state index contributed by atoms with van der Waals surface area (Å²) in [5, 5.41) is 0. The highest BCUT2D eigenvalue weighted by Crippen LogP contribution is 2.10. The van der Waals surface area contributed by atoms with E-state index in [1.54, 1.807) is 6.92 Å². The number of hydrogen-bond acceptors (Lipinski definition) is 1. The van der Waals surface area contributed by atoms with Crippen molar-refractivity contribution in [2.24, 2.45) is 5.92 Å². The minimum absolute atomic E-state index is 0.435. The van der Waals surface area contributed by atoms with Gasteiger partial charge in [0.15, 0.2) is 0 Å². The van der Waals surface area contributed by atoms with Gasteiger partial charge in [0, 0.05) is 13.1 Å². The van der Waals surface area contributed by atoms with Crippen molar-refractivity contribution in [2.75, 3.05) is 13.1 Å². The molecule has 0 radical (unpaired) electrons. The number of rotatable bonds is 5. The summed E-state index contributed by atoms with van der Waals surface area (Å²) in [7, 11) is 0. The van der Waals surface area contributed by atoms with Crippen LogP contribution >= 0.6 is 0 Å². The van der Waals surface area contributed by atoms with E-state index in [1.165, 1.54) is 4.90 Å². The van der Waals surface area contributed by atoms with Crippen LogP contribution < -0.4 is 0 Å². The highest BCUT2D eigenvalue weighted by Gasteiger charge is 2.14. The zero-order chi connectivity index (χ0) is 9.56. The fourth-order valence-electron chi connectivity index (χ4n) is 1.18. The van der Waals surface area contributed by atoms with Crippen molar-refractivity contribution in [3.8, 4) is 0 Å². The van der Waals surface area contributed by atoms with Gasteiger partial charge in [0.25, 0.3) is 0 Å². The summed E-state index contributed by atoms with van der Waals surface area (Å²) in [4.78, 5) is 11.6. The van der Waals surface area contributed by atoms with Crippen molar-refractivity contribution < 1.29 is 9.18 Å². The molecule has 0 rings (SSSR count). The molecule has 72 valence electrons.